The Morgan fingerprint density at radius 1 is 1.33 bits per heavy atom. The molecule has 0 spiro atoms. The molecule has 1 aromatic heterocycles. The van der Waals surface area contributed by atoms with Crippen molar-refractivity contribution < 1.29 is 14.3 Å². The van der Waals surface area contributed by atoms with Crippen LogP contribution >= 0.6 is 11.6 Å². The smallest absolute Gasteiger partial charge is 0.335 e. The van der Waals surface area contributed by atoms with Crippen molar-refractivity contribution in [2.45, 2.75) is 19.8 Å². The molecule has 2 aromatic rings. The molecule has 0 saturated carbocycles. The molecule has 6 heteroatoms. The van der Waals surface area contributed by atoms with Crippen LogP contribution in [-0.4, -0.2) is 16.1 Å². The van der Waals surface area contributed by atoms with Crippen molar-refractivity contribution in [1.82, 2.24) is 4.98 Å². The molecule has 1 aromatic carbocycles. The summed E-state index contributed by atoms with van der Waals surface area (Å²) in [5.74, 6) is -1.17. The molecule has 21 heavy (non-hydrogen) atoms. The van der Waals surface area contributed by atoms with E-state index in [0.717, 1.165) is 0 Å². The topological polar surface area (TPSA) is 62.2 Å². The molecular formula is C15H14ClFN2O2. The van der Waals surface area contributed by atoms with Gasteiger partial charge in [0.15, 0.2) is 0 Å². The minimum atomic E-state index is -1.04. The molecule has 0 bridgehead atoms. The molecule has 0 aliphatic rings. The summed E-state index contributed by atoms with van der Waals surface area (Å²) in [4.78, 5) is 15.5. The molecule has 0 unspecified atom stereocenters. The van der Waals surface area contributed by atoms with Gasteiger partial charge in [0.05, 0.1) is 10.6 Å². The number of hydrogen-bond donors (Lipinski definition) is 2. The van der Waals surface area contributed by atoms with E-state index in [4.69, 9.17) is 16.7 Å². The molecule has 1 heterocycles. The Morgan fingerprint density at radius 3 is 2.62 bits per heavy atom. The minimum Gasteiger partial charge on any atom is -0.478 e. The van der Waals surface area contributed by atoms with Crippen molar-refractivity contribution in [2.75, 3.05) is 5.32 Å². The largest absolute Gasteiger partial charge is 0.478 e. The average Bonchev–Trinajstić information content (AvgIpc) is 2.42. The molecule has 0 radical (unpaired) electrons. The third kappa shape index (κ3) is 3.70. The van der Waals surface area contributed by atoms with Gasteiger partial charge in [-0.2, -0.15) is 0 Å². The maximum atomic E-state index is 13.4. The molecule has 2 N–H and O–H groups in total. The zero-order chi connectivity index (χ0) is 15.6. The van der Waals surface area contributed by atoms with E-state index in [1.165, 1.54) is 24.3 Å². The number of carboxylic acid groups (broad SMARTS) is 1. The average molecular weight is 309 g/mol. The fourth-order valence-electron chi connectivity index (χ4n) is 1.76. The molecule has 0 fully saturated rings. The predicted octanol–water partition coefficient (Wildman–Crippen LogP) is 4.44. The lowest BCUT2D eigenvalue weighted by Gasteiger charge is -2.11. The van der Waals surface area contributed by atoms with E-state index in [-0.39, 0.29) is 16.5 Å². The summed E-state index contributed by atoms with van der Waals surface area (Å²) < 4.78 is 13.4. The zero-order valence-electron chi connectivity index (χ0n) is 11.5. The lowest BCUT2D eigenvalue weighted by Crippen LogP contribution is -2.05. The highest BCUT2D eigenvalue weighted by Gasteiger charge is 2.11. The number of pyridine rings is 1. The first kappa shape index (κ1) is 15.3. The van der Waals surface area contributed by atoms with Gasteiger partial charge in [-0.05, 0) is 36.2 Å². The van der Waals surface area contributed by atoms with Crippen LogP contribution in [0.1, 0.15) is 35.8 Å². The molecule has 0 atom stereocenters. The van der Waals surface area contributed by atoms with Gasteiger partial charge in [0, 0.05) is 11.4 Å². The third-order valence-electron chi connectivity index (χ3n) is 2.88. The van der Waals surface area contributed by atoms with Gasteiger partial charge in [0.2, 0.25) is 0 Å². The van der Waals surface area contributed by atoms with E-state index in [1.807, 2.05) is 13.8 Å². The van der Waals surface area contributed by atoms with Gasteiger partial charge < -0.3 is 10.4 Å². The van der Waals surface area contributed by atoms with E-state index >= 15 is 0 Å². The van der Waals surface area contributed by atoms with Crippen LogP contribution in [0.5, 0.6) is 0 Å². The zero-order valence-corrected chi connectivity index (χ0v) is 12.3. The van der Waals surface area contributed by atoms with Crippen LogP contribution in [0.15, 0.2) is 30.3 Å². The first-order chi connectivity index (χ1) is 9.86. The molecule has 0 amide bonds. The Labute approximate surface area is 126 Å². The first-order valence-electron chi connectivity index (χ1n) is 6.34. The maximum Gasteiger partial charge on any atom is 0.335 e. The van der Waals surface area contributed by atoms with Crippen molar-refractivity contribution in [3.63, 3.8) is 0 Å². The number of nitrogens with zero attached hydrogens (tertiary/aromatic N) is 1. The van der Waals surface area contributed by atoms with Crippen LogP contribution in [0.3, 0.4) is 0 Å². The van der Waals surface area contributed by atoms with Gasteiger partial charge in [-0.15, -0.1) is 0 Å². The Balaban J connectivity index is 2.38. The van der Waals surface area contributed by atoms with Gasteiger partial charge >= 0.3 is 5.97 Å². The number of aromatic carboxylic acids is 1. The monoisotopic (exact) mass is 308 g/mol. The number of nitrogens with one attached hydrogen (secondary N) is 1. The van der Waals surface area contributed by atoms with Crippen LogP contribution in [0.25, 0.3) is 0 Å². The third-order valence-corrected chi connectivity index (χ3v) is 3.18. The van der Waals surface area contributed by atoms with Gasteiger partial charge in [0.25, 0.3) is 0 Å². The van der Waals surface area contributed by atoms with Crippen LogP contribution in [0.2, 0.25) is 5.02 Å². The molecule has 2 rings (SSSR count). The fourth-order valence-corrected chi connectivity index (χ4v) is 1.87. The lowest BCUT2D eigenvalue weighted by molar-refractivity contribution is 0.0696. The Bertz CT molecular complexity index is 689. The Kier molecular flexibility index (Phi) is 4.43. The van der Waals surface area contributed by atoms with Crippen LogP contribution < -0.4 is 5.32 Å². The van der Waals surface area contributed by atoms with E-state index in [2.05, 4.69) is 10.3 Å². The highest BCUT2D eigenvalue weighted by atomic mass is 35.5. The molecule has 0 saturated heterocycles. The van der Waals surface area contributed by atoms with Crippen LogP contribution in [-0.2, 0) is 0 Å². The van der Waals surface area contributed by atoms with E-state index in [1.54, 1.807) is 6.07 Å². The molecule has 110 valence electrons. The number of halogens is 2. The Morgan fingerprint density at radius 2 is 2.05 bits per heavy atom. The summed E-state index contributed by atoms with van der Waals surface area (Å²) >= 11 is 5.62. The standard InChI is InChI=1S/C15H14ClFN2O2/c1-8(2)13-5-9(15(20)21)6-14(19-13)18-10-3-4-11(16)12(17)7-10/h3-8H,1-2H3,(H,18,19)(H,20,21). The summed E-state index contributed by atoms with van der Waals surface area (Å²) in [6.45, 7) is 3.83. The van der Waals surface area contributed by atoms with Gasteiger partial charge in [0.1, 0.15) is 11.6 Å². The lowest BCUT2D eigenvalue weighted by atomic mass is 10.1. The predicted molar refractivity (Wildman–Crippen MR) is 80.0 cm³/mol. The number of aromatic nitrogens is 1. The normalized spacial score (nSPS) is 10.7. The summed E-state index contributed by atoms with van der Waals surface area (Å²) in [7, 11) is 0. The Hall–Kier alpha value is -2.14. The van der Waals surface area contributed by atoms with Gasteiger partial charge in [-0.3, -0.25) is 0 Å². The second-order valence-electron chi connectivity index (χ2n) is 4.88. The van der Waals surface area contributed by atoms with Crippen LogP contribution in [0.4, 0.5) is 15.9 Å². The van der Waals surface area contributed by atoms with E-state index < -0.39 is 11.8 Å². The number of hydrogen-bond acceptors (Lipinski definition) is 3. The highest BCUT2D eigenvalue weighted by molar-refractivity contribution is 6.30. The number of anilines is 2. The number of rotatable bonds is 4. The molecule has 4 nitrogen and oxygen atoms in total. The first-order valence-corrected chi connectivity index (χ1v) is 6.72. The summed E-state index contributed by atoms with van der Waals surface area (Å²) in [5, 5.41) is 12.0. The highest BCUT2D eigenvalue weighted by Crippen LogP contribution is 2.23. The van der Waals surface area contributed by atoms with Crippen molar-refractivity contribution in [3.8, 4) is 0 Å². The van der Waals surface area contributed by atoms with Gasteiger partial charge in [-0.1, -0.05) is 25.4 Å². The van der Waals surface area contributed by atoms with E-state index in [9.17, 15) is 9.18 Å². The number of benzene rings is 1. The quantitative estimate of drug-likeness (QED) is 0.876. The van der Waals surface area contributed by atoms with Crippen molar-refractivity contribution in [2.24, 2.45) is 0 Å². The minimum absolute atomic E-state index is 0.0238. The maximum absolute atomic E-state index is 13.4. The van der Waals surface area contributed by atoms with Crippen molar-refractivity contribution >= 4 is 29.1 Å². The molecule has 0 aliphatic carbocycles. The number of carbonyl (C=O) groups is 1. The second-order valence-corrected chi connectivity index (χ2v) is 5.29. The fraction of sp³-hybridized carbons (Fsp3) is 0.200. The number of carboxylic acids is 1. The van der Waals surface area contributed by atoms with Crippen molar-refractivity contribution in [1.29, 1.82) is 0 Å². The second kappa shape index (κ2) is 6.10. The van der Waals surface area contributed by atoms with E-state index in [0.29, 0.717) is 17.2 Å². The molecule has 0 aliphatic heterocycles. The van der Waals surface area contributed by atoms with Crippen molar-refractivity contribution in [3.05, 3.63) is 52.4 Å². The van der Waals surface area contributed by atoms with Crippen LogP contribution in [0, 0.1) is 5.82 Å². The molecular weight excluding hydrogens is 295 g/mol. The summed E-state index contributed by atoms with van der Waals surface area (Å²) in [6.07, 6.45) is 0. The SMILES string of the molecule is CC(C)c1cc(C(=O)O)cc(Nc2ccc(Cl)c(F)c2)n1. The summed E-state index contributed by atoms with van der Waals surface area (Å²) in [6, 6.07) is 7.17. The van der Waals surface area contributed by atoms with Gasteiger partial charge in [-0.25, -0.2) is 14.2 Å². The summed E-state index contributed by atoms with van der Waals surface area (Å²) in [5.41, 5.74) is 1.22.